The van der Waals surface area contributed by atoms with Gasteiger partial charge in [-0.05, 0) is 20.8 Å². The second-order valence-corrected chi connectivity index (χ2v) is 5.69. The number of methoxy groups -OCH3 is 1. The van der Waals surface area contributed by atoms with Crippen LogP contribution in [0.3, 0.4) is 0 Å². The third kappa shape index (κ3) is 3.61. The summed E-state index contributed by atoms with van der Waals surface area (Å²) >= 11 is 5.14. The van der Waals surface area contributed by atoms with Gasteiger partial charge < -0.3 is 10.5 Å². The van der Waals surface area contributed by atoms with Crippen LogP contribution in [0.2, 0.25) is 0 Å². The van der Waals surface area contributed by atoms with E-state index < -0.39 is 0 Å². The molecule has 0 aromatic carbocycles. The minimum Gasteiger partial charge on any atom is -0.392 e. The summed E-state index contributed by atoms with van der Waals surface area (Å²) in [7, 11) is 1.75. The maximum absolute atomic E-state index is 5.80. The Bertz CT molecular complexity index is 262. The van der Waals surface area contributed by atoms with Gasteiger partial charge in [-0.15, -0.1) is 0 Å². The van der Waals surface area contributed by atoms with Crippen molar-refractivity contribution in [3.63, 3.8) is 0 Å². The van der Waals surface area contributed by atoms with Crippen molar-refractivity contribution in [2.75, 3.05) is 39.9 Å². The second kappa shape index (κ2) is 6.09. The third-order valence-electron chi connectivity index (χ3n) is 3.74. The molecule has 4 nitrogen and oxygen atoms in total. The lowest BCUT2D eigenvalue weighted by Gasteiger charge is -2.44. The fourth-order valence-electron chi connectivity index (χ4n) is 2.22. The van der Waals surface area contributed by atoms with E-state index in [-0.39, 0.29) is 5.54 Å². The Hall–Kier alpha value is -0.230. The fourth-order valence-corrected chi connectivity index (χ4v) is 2.35. The maximum atomic E-state index is 5.80. The smallest absolute Gasteiger partial charge is 0.0928 e. The zero-order valence-electron chi connectivity index (χ0n) is 11.4. The van der Waals surface area contributed by atoms with E-state index in [4.69, 9.17) is 22.7 Å². The van der Waals surface area contributed by atoms with Crippen molar-refractivity contribution >= 4 is 17.2 Å². The van der Waals surface area contributed by atoms with Crippen molar-refractivity contribution in [1.29, 1.82) is 0 Å². The van der Waals surface area contributed by atoms with Gasteiger partial charge >= 0.3 is 0 Å². The molecular formula is C12H25N3OS. The maximum Gasteiger partial charge on any atom is 0.0928 e. The Balaban J connectivity index is 2.48. The normalized spacial score (nSPS) is 21.4. The van der Waals surface area contributed by atoms with Crippen LogP contribution in [0.25, 0.3) is 0 Å². The second-order valence-electron chi connectivity index (χ2n) is 5.25. The van der Waals surface area contributed by atoms with Crippen LogP contribution >= 0.6 is 12.2 Å². The van der Waals surface area contributed by atoms with Crippen LogP contribution in [0, 0.1) is 0 Å². The highest BCUT2D eigenvalue weighted by atomic mass is 32.1. The first-order chi connectivity index (χ1) is 7.89. The quantitative estimate of drug-likeness (QED) is 0.736. The lowest BCUT2D eigenvalue weighted by atomic mass is 10.0. The summed E-state index contributed by atoms with van der Waals surface area (Å²) in [4.78, 5) is 5.40. The number of hydrogen-bond acceptors (Lipinski definition) is 4. The lowest BCUT2D eigenvalue weighted by Crippen LogP contribution is -2.60. The molecule has 100 valence electrons. The highest BCUT2D eigenvalue weighted by molar-refractivity contribution is 7.80. The molecule has 1 aliphatic rings. The highest BCUT2D eigenvalue weighted by Crippen LogP contribution is 2.18. The van der Waals surface area contributed by atoms with Gasteiger partial charge in [0.2, 0.25) is 0 Å². The van der Waals surface area contributed by atoms with Gasteiger partial charge in [0.05, 0.1) is 17.1 Å². The Morgan fingerprint density at radius 2 is 1.88 bits per heavy atom. The van der Waals surface area contributed by atoms with Gasteiger partial charge in [0.1, 0.15) is 0 Å². The molecule has 2 N–H and O–H groups in total. The molecule has 1 heterocycles. The number of thiocarbonyl (C=S) groups is 1. The van der Waals surface area contributed by atoms with E-state index >= 15 is 0 Å². The van der Waals surface area contributed by atoms with Gasteiger partial charge in [-0.2, -0.15) is 0 Å². The topological polar surface area (TPSA) is 41.7 Å². The molecule has 0 amide bonds. The number of hydrogen-bond donors (Lipinski definition) is 1. The van der Waals surface area contributed by atoms with Crippen LogP contribution in [-0.4, -0.2) is 66.3 Å². The summed E-state index contributed by atoms with van der Waals surface area (Å²) in [6, 6.07) is 0.482. The molecule has 1 atom stereocenters. The van der Waals surface area contributed by atoms with E-state index in [0.717, 1.165) is 32.8 Å². The molecule has 0 aromatic rings. The molecule has 1 aliphatic heterocycles. The van der Waals surface area contributed by atoms with Crippen LogP contribution in [0.1, 0.15) is 20.8 Å². The number of nitrogens with zero attached hydrogens (tertiary/aromatic N) is 2. The fraction of sp³-hybridized carbons (Fsp3) is 0.917. The molecule has 0 spiro atoms. The van der Waals surface area contributed by atoms with Gasteiger partial charge in [0, 0.05) is 39.3 Å². The van der Waals surface area contributed by atoms with E-state index in [2.05, 4.69) is 30.6 Å². The Kier molecular flexibility index (Phi) is 5.31. The predicted octanol–water partition coefficient (Wildman–Crippen LogP) is 0.704. The van der Waals surface area contributed by atoms with Crippen molar-refractivity contribution in [2.24, 2.45) is 5.73 Å². The minimum atomic E-state index is -0.175. The highest BCUT2D eigenvalue weighted by Gasteiger charge is 2.33. The molecule has 1 saturated heterocycles. The van der Waals surface area contributed by atoms with Crippen molar-refractivity contribution in [3.05, 3.63) is 0 Å². The SMILES string of the molecule is COCC(C)N1CCN(C(C)(C)C(N)=S)CC1. The summed E-state index contributed by atoms with van der Waals surface area (Å²) in [5, 5.41) is 0. The zero-order valence-corrected chi connectivity index (χ0v) is 12.2. The van der Waals surface area contributed by atoms with Gasteiger partial charge in [-0.25, -0.2) is 0 Å². The van der Waals surface area contributed by atoms with Crippen LogP contribution in [-0.2, 0) is 4.74 Å². The average molecular weight is 259 g/mol. The summed E-state index contributed by atoms with van der Waals surface area (Å²) < 4.78 is 5.19. The summed E-state index contributed by atoms with van der Waals surface area (Å²) in [6.07, 6.45) is 0. The first-order valence-corrected chi connectivity index (χ1v) is 6.58. The standard InChI is InChI=1S/C12H25N3OS/c1-10(9-16-4)14-5-7-15(8-6-14)12(2,3)11(13)17/h10H,5-9H2,1-4H3,(H2,13,17). The molecule has 5 heteroatoms. The summed E-state index contributed by atoms with van der Waals surface area (Å²) in [5.41, 5.74) is 5.62. The Labute approximate surface area is 110 Å². The van der Waals surface area contributed by atoms with Gasteiger partial charge in [0.15, 0.2) is 0 Å². The molecule has 1 rings (SSSR count). The lowest BCUT2D eigenvalue weighted by molar-refractivity contribution is 0.0369. The summed E-state index contributed by atoms with van der Waals surface area (Å²) in [5.74, 6) is 0. The number of ether oxygens (including phenoxy) is 1. The average Bonchev–Trinajstić information content (AvgIpc) is 2.29. The molecule has 0 aliphatic carbocycles. The first kappa shape index (κ1) is 14.8. The van der Waals surface area contributed by atoms with Gasteiger partial charge in [0.25, 0.3) is 0 Å². The van der Waals surface area contributed by atoms with E-state index in [0.29, 0.717) is 11.0 Å². The molecular weight excluding hydrogens is 234 g/mol. The third-order valence-corrected chi connectivity index (χ3v) is 4.24. The van der Waals surface area contributed by atoms with E-state index in [9.17, 15) is 0 Å². The summed E-state index contributed by atoms with van der Waals surface area (Å²) in [6.45, 7) is 11.3. The van der Waals surface area contributed by atoms with Gasteiger partial charge in [-0.1, -0.05) is 12.2 Å². The number of rotatable bonds is 5. The monoisotopic (exact) mass is 259 g/mol. The molecule has 0 radical (unpaired) electrons. The molecule has 0 saturated carbocycles. The van der Waals surface area contributed by atoms with E-state index in [1.165, 1.54) is 0 Å². The molecule has 0 aromatic heterocycles. The van der Waals surface area contributed by atoms with Gasteiger partial charge in [-0.3, -0.25) is 9.80 Å². The predicted molar refractivity (Wildman–Crippen MR) is 75.3 cm³/mol. The molecule has 1 fully saturated rings. The first-order valence-electron chi connectivity index (χ1n) is 6.17. The van der Waals surface area contributed by atoms with Crippen LogP contribution in [0.4, 0.5) is 0 Å². The van der Waals surface area contributed by atoms with Crippen molar-refractivity contribution in [2.45, 2.75) is 32.4 Å². The van der Waals surface area contributed by atoms with Crippen molar-refractivity contribution in [1.82, 2.24) is 9.80 Å². The molecule has 1 unspecified atom stereocenters. The van der Waals surface area contributed by atoms with Crippen LogP contribution < -0.4 is 5.73 Å². The van der Waals surface area contributed by atoms with E-state index in [1.807, 2.05) is 0 Å². The Morgan fingerprint density at radius 3 is 2.29 bits per heavy atom. The largest absolute Gasteiger partial charge is 0.392 e. The molecule has 0 bridgehead atoms. The van der Waals surface area contributed by atoms with Crippen LogP contribution in [0.5, 0.6) is 0 Å². The molecule has 17 heavy (non-hydrogen) atoms. The minimum absolute atomic E-state index is 0.175. The number of piperazine rings is 1. The van der Waals surface area contributed by atoms with Crippen LogP contribution in [0.15, 0.2) is 0 Å². The zero-order chi connectivity index (χ0) is 13.1. The van der Waals surface area contributed by atoms with E-state index in [1.54, 1.807) is 7.11 Å². The Morgan fingerprint density at radius 1 is 1.35 bits per heavy atom. The van der Waals surface area contributed by atoms with Crippen molar-refractivity contribution in [3.8, 4) is 0 Å². The number of nitrogens with two attached hydrogens (primary N) is 1. The van der Waals surface area contributed by atoms with Crippen molar-refractivity contribution < 1.29 is 4.74 Å².